The van der Waals surface area contributed by atoms with Gasteiger partial charge in [0, 0.05) is 43.9 Å². The number of anilines is 1. The summed E-state index contributed by atoms with van der Waals surface area (Å²) < 4.78 is 7.84. The first kappa shape index (κ1) is 21.5. The lowest BCUT2D eigenvalue weighted by Gasteiger charge is -2.29. The normalized spacial score (nSPS) is 16.2. The van der Waals surface area contributed by atoms with Crippen LogP contribution in [0.15, 0.2) is 42.7 Å². The minimum Gasteiger partial charge on any atom is -0.488 e. The number of ether oxygens (including phenoxy) is 1. The molecule has 172 valence electrons. The zero-order valence-electron chi connectivity index (χ0n) is 19.4. The second kappa shape index (κ2) is 9.25. The van der Waals surface area contributed by atoms with Gasteiger partial charge in [0.05, 0.1) is 12.7 Å². The molecule has 1 N–H and O–H groups in total. The van der Waals surface area contributed by atoms with Gasteiger partial charge >= 0.3 is 0 Å². The van der Waals surface area contributed by atoms with Gasteiger partial charge in [-0.1, -0.05) is 43.5 Å². The Morgan fingerprint density at radius 1 is 1.12 bits per heavy atom. The summed E-state index contributed by atoms with van der Waals surface area (Å²) in [6.07, 6.45) is 10.3. The fourth-order valence-electron chi connectivity index (χ4n) is 4.74. The van der Waals surface area contributed by atoms with Crippen molar-refractivity contribution >= 4 is 11.7 Å². The smallest absolute Gasteiger partial charge is 0.270 e. The first-order chi connectivity index (χ1) is 16.1. The zero-order chi connectivity index (χ0) is 22.8. The van der Waals surface area contributed by atoms with Crippen molar-refractivity contribution in [3.63, 3.8) is 0 Å². The predicted octanol–water partition coefficient (Wildman–Crippen LogP) is 3.96. The number of benzene rings is 1. The molecule has 1 aliphatic carbocycles. The van der Waals surface area contributed by atoms with Gasteiger partial charge in [-0.3, -0.25) is 9.48 Å². The van der Waals surface area contributed by atoms with Crippen molar-refractivity contribution in [2.75, 3.05) is 25.1 Å². The lowest BCUT2D eigenvalue weighted by Crippen LogP contribution is -2.37. The van der Waals surface area contributed by atoms with E-state index in [0.29, 0.717) is 18.7 Å². The molecule has 33 heavy (non-hydrogen) atoms. The number of pyridine rings is 1. The molecule has 3 aromatic rings. The average Bonchev–Trinajstić information content (AvgIpc) is 3.27. The number of aromatic nitrogens is 3. The molecule has 2 aromatic heterocycles. The van der Waals surface area contributed by atoms with Gasteiger partial charge in [0.25, 0.3) is 5.91 Å². The summed E-state index contributed by atoms with van der Waals surface area (Å²) in [6.45, 7) is 1.37. The largest absolute Gasteiger partial charge is 0.488 e. The minimum absolute atomic E-state index is 0.0863. The van der Waals surface area contributed by atoms with Crippen molar-refractivity contribution in [1.82, 2.24) is 20.1 Å². The van der Waals surface area contributed by atoms with Crippen LogP contribution in [0.4, 0.5) is 5.82 Å². The highest BCUT2D eigenvalue weighted by atomic mass is 16.5. The number of carbonyl (C=O) groups is 1. The van der Waals surface area contributed by atoms with E-state index < -0.39 is 0 Å². The third-order valence-corrected chi connectivity index (χ3v) is 6.63. The molecule has 7 heteroatoms. The van der Waals surface area contributed by atoms with Crippen LogP contribution in [-0.4, -0.2) is 46.9 Å². The second-order valence-corrected chi connectivity index (χ2v) is 9.17. The molecular formula is C26H31N5O2. The van der Waals surface area contributed by atoms with E-state index in [9.17, 15) is 4.79 Å². The summed E-state index contributed by atoms with van der Waals surface area (Å²) >= 11 is 0. The van der Waals surface area contributed by atoms with Crippen LogP contribution in [0.5, 0.6) is 5.75 Å². The molecule has 1 fully saturated rings. The number of hydrogen-bond acceptors (Lipinski definition) is 5. The van der Waals surface area contributed by atoms with Crippen LogP contribution in [0.25, 0.3) is 11.1 Å². The number of hydrogen-bond donors (Lipinski definition) is 1. The monoisotopic (exact) mass is 445 g/mol. The summed E-state index contributed by atoms with van der Waals surface area (Å²) in [5, 5.41) is 7.46. The van der Waals surface area contributed by atoms with Crippen molar-refractivity contribution in [2.24, 2.45) is 7.05 Å². The molecule has 0 unspecified atom stereocenters. The maximum atomic E-state index is 13.1. The molecule has 3 heterocycles. The van der Waals surface area contributed by atoms with Crippen LogP contribution >= 0.6 is 0 Å². The molecule has 1 amide bonds. The number of fused-ring (bicyclic) bond motifs is 1. The number of nitrogens with zero attached hydrogens (tertiary/aromatic N) is 4. The lowest BCUT2D eigenvalue weighted by atomic mass is 9.95. The van der Waals surface area contributed by atoms with Gasteiger partial charge in [0.2, 0.25) is 0 Å². The molecular weight excluding hydrogens is 414 g/mol. The highest BCUT2D eigenvalue weighted by molar-refractivity contribution is 5.93. The van der Waals surface area contributed by atoms with E-state index in [2.05, 4.69) is 39.6 Å². The maximum absolute atomic E-state index is 13.1. The molecule has 0 radical (unpaired) electrons. The van der Waals surface area contributed by atoms with E-state index >= 15 is 0 Å². The fraction of sp³-hybridized carbons (Fsp3) is 0.423. The summed E-state index contributed by atoms with van der Waals surface area (Å²) in [7, 11) is 3.92. The van der Waals surface area contributed by atoms with E-state index in [-0.39, 0.29) is 11.9 Å². The van der Waals surface area contributed by atoms with Gasteiger partial charge in [0.1, 0.15) is 12.3 Å². The van der Waals surface area contributed by atoms with E-state index in [1.54, 1.807) is 4.68 Å². The van der Waals surface area contributed by atoms with E-state index in [4.69, 9.17) is 9.72 Å². The van der Waals surface area contributed by atoms with Crippen LogP contribution in [-0.2, 0) is 13.5 Å². The zero-order valence-corrected chi connectivity index (χ0v) is 19.4. The van der Waals surface area contributed by atoms with Gasteiger partial charge < -0.3 is 15.0 Å². The first-order valence-electron chi connectivity index (χ1n) is 11.8. The maximum Gasteiger partial charge on any atom is 0.270 e. The first-order valence-corrected chi connectivity index (χ1v) is 11.8. The Bertz CT molecular complexity index is 1130. The molecule has 0 saturated heterocycles. The lowest BCUT2D eigenvalue weighted by molar-refractivity contribution is 0.0922. The van der Waals surface area contributed by atoms with Gasteiger partial charge in [-0.2, -0.15) is 5.10 Å². The number of rotatable bonds is 5. The van der Waals surface area contributed by atoms with Crippen molar-refractivity contribution in [3.05, 3.63) is 59.5 Å². The van der Waals surface area contributed by atoms with Gasteiger partial charge in [-0.25, -0.2) is 4.98 Å². The number of carbonyl (C=O) groups excluding carboxylic acids is 1. The Labute approximate surface area is 194 Å². The Hall–Kier alpha value is -3.35. The third-order valence-electron chi connectivity index (χ3n) is 6.63. The molecule has 1 aromatic carbocycles. The van der Waals surface area contributed by atoms with Gasteiger partial charge in [0.15, 0.2) is 11.6 Å². The topological polar surface area (TPSA) is 72.3 Å². The fourth-order valence-corrected chi connectivity index (χ4v) is 4.74. The molecule has 2 aliphatic rings. The highest BCUT2D eigenvalue weighted by Crippen LogP contribution is 2.35. The Morgan fingerprint density at radius 2 is 1.91 bits per heavy atom. The Morgan fingerprint density at radius 3 is 2.64 bits per heavy atom. The highest BCUT2D eigenvalue weighted by Gasteiger charge is 2.25. The third kappa shape index (κ3) is 4.72. The average molecular weight is 446 g/mol. The van der Waals surface area contributed by atoms with Crippen LogP contribution in [0, 0.1) is 0 Å². The molecule has 1 saturated carbocycles. The molecule has 7 nitrogen and oxygen atoms in total. The van der Waals surface area contributed by atoms with Crippen molar-refractivity contribution in [3.8, 4) is 16.9 Å². The van der Waals surface area contributed by atoms with Crippen LogP contribution in [0.1, 0.15) is 53.7 Å². The number of nitrogens with one attached hydrogen (secondary N) is 1. The molecule has 0 atom stereocenters. The van der Waals surface area contributed by atoms with E-state index in [1.807, 2.05) is 32.6 Å². The van der Waals surface area contributed by atoms with E-state index in [0.717, 1.165) is 53.2 Å². The summed E-state index contributed by atoms with van der Waals surface area (Å²) in [4.78, 5) is 19.8. The number of likely N-dealkylation sites (N-methyl/N-ethyl adjacent to an activating group) is 1. The second-order valence-electron chi connectivity index (χ2n) is 9.17. The van der Waals surface area contributed by atoms with Crippen LogP contribution < -0.4 is 15.0 Å². The molecule has 1 aliphatic heterocycles. The van der Waals surface area contributed by atoms with Gasteiger partial charge in [-0.05, 0) is 30.0 Å². The van der Waals surface area contributed by atoms with Gasteiger partial charge in [-0.15, -0.1) is 0 Å². The van der Waals surface area contributed by atoms with Crippen molar-refractivity contribution < 1.29 is 9.53 Å². The standard InChI is InChI=1S/C26H31N5O2/c1-30-12-13-33-24-20(14-18-8-10-19(11-9-18)21-16-27-31(2)17-21)15-23(29-25(24)30)26(32)28-22-6-4-3-5-7-22/h8-11,15-17,22H,3-7,12-14H2,1-2H3,(H,28,32). The summed E-state index contributed by atoms with van der Waals surface area (Å²) in [6, 6.07) is 10.6. The molecule has 5 rings (SSSR count). The quantitative estimate of drug-likeness (QED) is 0.644. The van der Waals surface area contributed by atoms with Crippen LogP contribution in [0.3, 0.4) is 0 Å². The summed E-state index contributed by atoms with van der Waals surface area (Å²) in [5.41, 5.74) is 4.85. The Balaban J connectivity index is 1.41. The minimum atomic E-state index is -0.0863. The van der Waals surface area contributed by atoms with E-state index in [1.165, 1.54) is 19.3 Å². The van der Waals surface area contributed by atoms with Crippen molar-refractivity contribution in [2.45, 2.75) is 44.6 Å². The summed E-state index contributed by atoms with van der Waals surface area (Å²) in [5.74, 6) is 1.45. The van der Waals surface area contributed by atoms with Crippen LogP contribution in [0.2, 0.25) is 0 Å². The predicted molar refractivity (Wildman–Crippen MR) is 129 cm³/mol. The molecule has 0 spiro atoms. The Kier molecular flexibility index (Phi) is 6.03. The van der Waals surface area contributed by atoms with Crippen molar-refractivity contribution in [1.29, 1.82) is 0 Å². The molecule has 0 bridgehead atoms. The SMILES string of the molecule is CN1CCOc2c(Cc3ccc(-c4cnn(C)c4)cc3)cc(C(=O)NC3CCCCC3)nc21. The number of amides is 1. The number of aryl methyl sites for hydroxylation is 1.